The fraction of sp³-hybridized carbons (Fsp3) is 0.538. The summed E-state index contributed by atoms with van der Waals surface area (Å²) < 4.78 is 26.7. The molecule has 1 saturated carbocycles. The third-order valence-electron chi connectivity index (χ3n) is 3.68. The number of halogens is 3. The van der Waals surface area contributed by atoms with Crippen molar-refractivity contribution in [3.63, 3.8) is 0 Å². The Bertz CT molecular complexity index is 447. The molecule has 0 saturated heterocycles. The van der Waals surface area contributed by atoms with Gasteiger partial charge >= 0.3 is 0 Å². The Morgan fingerprint density at radius 2 is 1.83 bits per heavy atom. The van der Waals surface area contributed by atoms with Crippen molar-refractivity contribution in [2.24, 2.45) is 11.7 Å². The molecule has 1 aliphatic carbocycles. The third kappa shape index (κ3) is 2.52. The van der Waals surface area contributed by atoms with Gasteiger partial charge in [0, 0.05) is 11.6 Å². The van der Waals surface area contributed by atoms with Gasteiger partial charge in [-0.3, -0.25) is 0 Å². The van der Waals surface area contributed by atoms with Crippen LogP contribution in [0.4, 0.5) is 8.78 Å². The van der Waals surface area contributed by atoms with E-state index in [1.807, 2.05) is 0 Å². The molecule has 0 amide bonds. The summed E-state index contributed by atoms with van der Waals surface area (Å²) in [5.41, 5.74) is 6.37. The van der Waals surface area contributed by atoms with Crippen LogP contribution in [-0.4, -0.2) is 5.11 Å². The van der Waals surface area contributed by atoms with E-state index < -0.39 is 23.4 Å². The molecule has 1 fully saturated rings. The first-order chi connectivity index (χ1) is 8.52. The van der Waals surface area contributed by atoms with Gasteiger partial charge in [0.25, 0.3) is 0 Å². The maximum atomic E-state index is 13.5. The Morgan fingerprint density at radius 1 is 1.22 bits per heavy atom. The molecule has 18 heavy (non-hydrogen) atoms. The topological polar surface area (TPSA) is 46.2 Å². The number of phenolic OH excluding ortho intramolecular Hbond substituents is 1. The van der Waals surface area contributed by atoms with Crippen molar-refractivity contribution in [3.05, 3.63) is 27.7 Å². The van der Waals surface area contributed by atoms with Crippen LogP contribution in [-0.2, 0) is 0 Å². The van der Waals surface area contributed by atoms with Crippen molar-refractivity contribution < 1.29 is 13.9 Å². The third-order valence-corrected chi connectivity index (χ3v) is 4.26. The molecule has 0 heterocycles. The number of nitrogens with two attached hydrogens (primary N) is 1. The molecular weight excluding hydrogens is 304 g/mol. The van der Waals surface area contributed by atoms with E-state index in [9.17, 15) is 13.9 Å². The van der Waals surface area contributed by atoms with Crippen LogP contribution < -0.4 is 5.73 Å². The molecule has 2 rings (SSSR count). The van der Waals surface area contributed by atoms with Gasteiger partial charge in [0.2, 0.25) is 5.82 Å². The summed E-state index contributed by atoms with van der Waals surface area (Å²) in [4.78, 5) is 0. The quantitative estimate of drug-likeness (QED) is 0.809. The molecule has 0 aliphatic heterocycles. The van der Waals surface area contributed by atoms with Crippen LogP contribution in [0.25, 0.3) is 0 Å². The summed E-state index contributed by atoms with van der Waals surface area (Å²) in [5, 5.41) is 9.69. The van der Waals surface area contributed by atoms with Crippen molar-refractivity contribution in [1.82, 2.24) is 0 Å². The lowest BCUT2D eigenvalue weighted by molar-refractivity contribution is 0.299. The van der Waals surface area contributed by atoms with Crippen molar-refractivity contribution in [2.75, 3.05) is 0 Å². The second-order valence-corrected chi connectivity index (χ2v) is 5.70. The smallest absolute Gasteiger partial charge is 0.201 e. The highest BCUT2D eigenvalue weighted by atomic mass is 79.9. The summed E-state index contributed by atoms with van der Waals surface area (Å²) in [6, 6.07) is 0.934. The second-order valence-electron chi connectivity index (χ2n) is 4.85. The van der Waals surface area contributed by atoms with E-state index in [4.69, 9.17) is 5.73 Å². The zero-order valence-electron chi connectivity index (χ0n) is 9.93. The molecule has 1 aromatic carbocycles. The molecule has 2 nitrogen and oxygen atoms in total. The van der Waals surface area contributed by atoms with Crippen molar-refractivity contribution in [3.8, 4) is 5.75 Å². The molecule has 5 heteroatoms. The van der Waals surface area contributed by atoms with Crippen LogP contribution in [0.15, 0.2) is 10.5 Å². The molecule has 0 unspecified atom stereocenters. The molecule has 0 aromatic heterocycles. The summed E-state index contributed by atoms with van der Waals surface area (Å²) in [6.07, 6.45) is 5.33. The zero-order chi connectivity index (χ0) is 13.3. The molecule has 1 atom stereocenters. The Labute approximate surface area is 113 Å². The zero-order valence-corrected chi connectivity index (χ0v) is 11.5. The lowest BCUT2D eigenvalue weighted by Gasteiger charge is -2.28. The second kappa shape index (κ2) is 5.53. The van der Waals surface area contributed by atoms with E-state index in [2.05, 4.69) is 15.9 Å². The maximum absolute atomic E-state index is 13.5. The monoisotopic (exact) mass is 319 g/mol. The van der Waals surface area contributed by atoms with E-state index in [0.29, 0.717) is 0 Å². The highest BCUT2D eigenvalue weighted by molar-refractivity contribution is 9.10. The summed E-state index contributed by atoms with van der Waals surface area (Å²) >= 11 is 2.94. The van der Waals surface area contributed by atoms with Gasteiger partial charge in [-0.15, -0.1) is 0 Å². The first-order valence-electron chi connectivity index (χ1n) is 6.14. The predicted molar refractivity (Wildman–Crippen MR) is 69.2 cm³/mol. The molecule has 1 aliphatic rings. The lowest BCUT2D eigenvalue weighted by atomic mass is 9.81. The van der Waals surface area contributed by atoms with Gasteiger partial charge < -0.3 is 10.8 Å². The normalized spacial score (nSPS) is 18.9. The number of phenols is 1. The standard InChI is InChI=1S/C13H16BrF2NO/c14-9-6-8(13(18)11(16)10(9)15)12(17)7-4-2-1-3-5-7/h6-7,12,18H,1-5,17H2/t12-/m0/s1. The molecule has 0 radical (unpaired) electrons. The molecule has 0 bridgehead atoms. The Hall–Kier alpha value is -0.680. The maximum Gasteiger partial charge on any atom is 0.201 e. The minimum atomic E-state index is -1.23. The molecule has 0 spiro atoms. The minimum Gasteiger partial charge on any atom is -0.505 e. The SMILES string of the molecule is N[C@H](c1cc(Br)c(F)c(F)c1O)C1CCCCC1. The first-order valence-corrected chi connectivity index (χ1v) is 6.93. The van der Waals surface area contributed by atoms with Crippen molar-refractivity contribution in [1.29, 1.82) is 0 Å². The average molecular weight is 320 g/mol. The molecular formula is C13H16BrF2NO. The first kappa shape index (κ1) is 13.7. The summed E-state index contributed by atoms with van der Waals surface area (Å²) in [5.74, 6) is -2.74. The average Bonchev–Trinajstić information content (AvgIpc) is 2.41. The fourth-order valence-electron chi connectivity index (χ4n) is 2.61. The highest BCUT2D eigenvalue weighted by Gasteiger charge is 2.27. The van der Waals surface area contributed by atoms with Gasteiger partial charge in [0.05, 0.1) is 4.47 Å². The number of hydrogen-bond donors (Lipinski definition) is 2. The van der Waals surface area contributed by atoms with Crippen LogP contribution in [0, 0.1) is 17.6 Å². The van der Waals surface area contributed by atoms with Gasteiger partial charge in [0.1, 0.15) is 0 Å². The van der Waals surface area contributed by atoms with E-state index in [1.54, 1.807) is 0 Å². The van der Waals surface area contributed by atoms with E-state index in [1.165, 1.54) is 12.5 Å². The lowest BCUT2D eigenvalue weighted by Crippen LogP contribution is -2.24. The van der Waals surface area contributed by atoms with E-state index >= 15 is 0 Å². The Kier molecular flexibility index (Phi) is 4.22. The number of aromatic hydroxyl groups is 1. The van der Waals surface area contributed by atoms with Gasteiger partial charge in [0.15, 0.2) is 11.6 Å². The number of hydrogen-bond acceptors (Lipinski definition) is 2. The van der Waals surface area contributed by atoms with Crippen LogP contribution in [0.3, 0.4) is 0 Å². The number of benzene rings is 1. The van der Waals surface area contributed by atoms with Gasteiger partial charge in [-0.25, -0.2) is 4.39 Å². The van der Waals surface area contributed by atoms with Gasteiger partial charge in [-0.1, -0.05) is 19.3 Å². The summed E-state index contributed by atoms with van der Waals surface area (Å²) in [6.45, 7) is 0. The minimum absolute atomic E-state index is 0.000871. The van der Waals surface area contributed by atoms with Crippen LogP contribution >= 0.6 is 15.9 Å². The van der Waals surface area contributed by atoms with E-state index in [0.717, 1.165) is 25.7 Å². The van der Waals surface area contributed by atoms with Gasteiger partial charge in [-0.2, -0.15) is 4.39 Å². The molecule has 1 aromatic rings. The van der Waals surface area contributed by atoms with Crippen LogP contribution in [0.5, 0.6) is 5.75 Å². The number of rotatable bonds is 2. The fourth-order valence-corrected chi connectivity index (χ4v) is 3.03. The van der Waals surface area contributed by atoms with Crippen molar-refractivity contribution >= 4 is 15.9 Å². The Balaban J connectivity index is 2.32. The van der Waals surface area contributed by atoms with Crippen molar-refractivity contribution in [2.45, 2.75) is 38.1 Å². The largest absolute Gasteiger partial charge is 0.505 e. The highest BCUT2D eigenvalue weighted by Crippen LogP contribution is 2.39. The predicted octanol–water partition coefficient (Wildman–Crippen LogP) is 4.01. The Morgan fingerprint density at radius 3 is 2.44 bits per heavy atom. The van der Waals surface area contributed by atoms with E-state index in [-0.39, 0.29) is 16.0 Å². The van der Waals surface area contributed by atoms with Crippen LogP contribution in [0.2, 0.25) is 0 Å². The summed E-state index contributed by atoms with van der Waals surface area (Å²) in [7, 11) is 0. The molecule has 3 N–H and O–H groups in total. The van der Waals surface area contributed by atoms with Crippen LogP contribution in [0.1, 0.15) is 43.7 Å². The van der Waals surface area contributed by atoms with Gasteiger partial charge in [-0.05, 0) is 40.8 Å². The molecule has 100 valence electrons.